The van der Waals surface area contributed by atoms with Crippen molar-refractivity contribution in [3.63, 3.8) is 0 Å². The SMILES string of the molecule is COC(=O)C1(c2ccc(-c3ccc(-c4ncsc4NC(=O)O[C@H](C)c4ccccc4)cc3)cc2)CC1. The number of carbonyl (C=O) groups excluding carboxylic acids is 2. The highest BCUT2D eigenvalue weighted by atomic mass is 32.1. The number of hydrogen-bond acceptors (Lipinski definition) is 6. The molecule has 5 rings (SSSR count). The van der Waals surface area contributed by atoms with Crippen LogP contribution in [0.25, 0.3) is 22.4 Å². The number of carbonyl (C=O) groups is 2. The molecule has 1 aliphatic carbocycles. The zero-order valence-corrected chi connectivity index (χ0v) is 20.9. The van der Waals surface area contributed by atoms with E-state index in [0.29, 0.717) is 10.7 Å². The van der Waals surface area contributed by atoms with E-state index in [9.17, 15) is 9.59 Å². The highest BCUT2D eigenvalue weighted by molar-refractivity contribution is 7.14. The Morgan fingerprint density at radius 3 is 2.14 bits per heavy atom. The van der Waals surface area contributed by atoms with Gasteiger partial charge in [-0.1, -0.05) is 78.9 Å². The lowest BCUT2D eigenvalue weighted by Gasteiger charge is -2.14. The molecule has 7 heteroatoms. The number of anilines is 1. The zero-order valence-electron chi connectivity index (χ0n) is 20.1. The summed E-state index contributed by atoms with van der Waals surface area (Å²) in [6.07, 6.45) is 0.775. The van der Waals surface area contributed by atoms with Crippen LogP contribution < -0.4 is 5.32 Å². The number of methoxy groups -OCH3 is 1. The van der Waals surface area contributed by atoms with E-state index in [1.165, 1.54) is 18.4 Å². The van der Waals surface area contributed by atoms with Gasteiger partial charge in [0.1, 0.15) is 16.8 Å². The maximum absolute atomic E-state index is 12.5. The van der Waals surface area contributed by atoms with Crippen molar-refractivity contribution in [2.75, 3.05) is 12.4 Å². The fourth-order valence-corrected chi connectivity index (χ4v) is 5.04. The Bertz CT molecular complexity index is 1360. The van der Waals surface area contributed by atoms with Crippen molar-refractivity contribution >= 4 is 28.4 Å². The molecular weight excluding hydrogens is 472 g/mol. The lowest BCUT2D eigenvalue weighted by atomic mass is 9.93. The van der Waals surface area contributed by atoms with E-state index in [1.54, 1.807) is 5.51 Å². The minimum atomic E-state index is -0.519. The van der Waals surface area contributed by atoms with E-state index >= 15 is 0 Å². The molecule has 1 N–H and O–H groups in total. The highest BCUT2D eigenvalue weighted by Crippen LogP contribution is 2.49. The monoisotopic (exact) mass is 498 g/mol. The molecule has 1 fully saturated rings. The molecule has 1 heterocycles. The summed E-state index contributed by atoms with van der Waals surface area (Å²) in [6, 6.07) is 25.7. The number of nitrogens with one attached hydrogen (secondary N) is 1. The third-order valence-corrected chi connectivity index (χ3v) is 7.33. The molecule has 0 bridgehead atoms. The highest BCUT2D eigenvalue weighted by Gasteiger charge is 2.52. The second-order valence-corrected chi connectivity index (χ2v) is 9.70. The number of hydrogen-bond donors (Lipinski definition) is 1. The maximum Gasteiger partial charge on any atom is 0.412 e. The standard InChI is InChI=1S/C29H26N2O4S/c1-19(20-6-4-3-5-7-20)35-28(33)31-26-25(30-18-36-26)23-10-8-21(9-11-23)22-12-14-24(15-13-22)29(16-17-29)27(32)34-2/h3-15,18-19H,16-17H2,1-2H3,(H,31,33)/t19-/m1/s1. The van der Waals surface area contributed by atoms with Crippen LogP contribution in [0.2, 0.25) is 0 Å². The van der Waals surface area contributed by atoms with Crippen LogP contribution in [0.5, 0.6) is 0 Å². The third kappa shape index (κ3) is 4.75. The van der Waals surface area contributed by atoms with Crippen LogP contribution in [0.3, 0.4) is 0 Å². The van der Waals surface area contributed by atoms with Gasteiger partial charge in [-0.25, -0.2) is 9.78 Å². The van der Waals surface area contributed by atoms with Crippen molar-refractivity contribution < 1.29 is 19.1 Å². The Morgan fingerprint density at radius 2 is 1.53 bits per heavy atom. The number of thiazole rings is 1. The first-order chi connectivity index (χ1) is 17.5. The molecule has 1 atom stereocenters. The average Bonchev–Trinajstić information content (AvgIpc) is 3.61. The summed E-state index contributed by atoms with van der Waals surface area (Å²) in [7, 11) is 1.44. The van der Waals surface area contributed by atoms with Gasteiger partial charge >= 0.3 is 12.1 Å². The normalized spacial score (nSPS) is 14.5. The van der Waals surface area contributed by atoms with Crippen molar-refractivity contribution in [1.82, 2.24) is 4.98 Å². The molecule has 1 aromatic heterocycles. The van der Waals surface area contributed by atoms with Gasteiger partial charge in [-0.15, -0.1) is 11.3 Å². The fourth-order valence-electron chi connectivity index (χ4n) is 4.35. The summed E-state index contributed by atoms with van der Waals surface area (Å²) < 4.78 is 10.5. The van der Waals surface area contributed by atoms with Crippen LogP contribution in [-0.2, 0) is 19.7 Å². The van der Waals surface area contributed by atoms with E-state index in [2.05, 4.69) is 10.3 Å². The second-order valence-electron chi connectivity index (χ2n) is 8.84. The van der Waals surface area contributed by atoms with Crippen LogP contribution in [0.15, 0.2) is 84.4 Å². The summed E-state index contributed by atoms with van der Waals surface area (Å²) in [5.41, 5.74) is 6.86. The quantitative estimate of drug-likeness (QED) is 0.278. The Morgan fingerprint density at radius 1 is 0.917 bits per heavy atom. The molecule has 6 nitrogen and oxygen atoms in total. The Balaban J connectivity index is 1.27. The van der Waals surface area contributed by atoms with E-state index in [0.717, 1.165) is 40.7 Å². The Hall–Kier alpha value is -3.97. The topological polar surface area (TPSA) is 77.5 Å². The summed E-state index contributed by atoms with van der Waals surface area (Å²) in [6.45, 7) is 1.84. The van der Waals surface area contributed by atoms with Crippen molar-refractivity contribution in [3.8, 4) is 22.4 Å². The van der Waals surface area contributed by atoms with Crippen LogP contribution in [0.1, 0.15) is 37.0 Å². The molecule has 1 amide bonds. The van der Waals surface area contributed by atoms with Gasteiger partial charge in [0.05, 0.1) is 18.0 Å². The first kappa shape index (κ1) is 23.8. The summed E-state index contributed by atoms with van der Waals surface area (Å²) in [4.78, 5) is 29.1. The third-order valence-electron chi connectivity index (χ3n) is 6.59. The predicted molar refractivity (Wildman–Crippen MR) is 141 cm³/mol. The van der Waals surface area contributed by atoms with Gasteiger partial charge in [0, 0.05) is 5.56 Å². The van der Waals surface area contributed by atoms with Gasteiger partial charge in [-0.05, 0) is 42.0 Å². The van der Waals surface area contributed by atoms with Gasteiger partial charge in [0.25, 0.3) is 0 Å². The molecule has 182 valence electrons. The number of ether oxygens (including phenoxy) is 2. The van der Waals surface area contributed by atoms with E-state index in [1.807, 2.05) is 85.8 Å². The van der Waals surface area contributed by atoms with Gasteiger partial charge in [-0.2, -0.15) is 0 Å². The van der Waals surface area contributed by atoms with Gasteiger partial charge < -0.3 is 9.47 Å². The van der Waals surface area contributed by atoms with Crippen molar-refractivity contribution in [2.24, 2.45) is 0 Å². The minimum Gasteiger partial charge on any atom is -0.468 e. The van der Waals surface area contributed by atoms with Crippen molar-refractivity contribution in [3.05, 3.63) is 95.5 Å². The average molecular weight is 499 g/mol. The molecule has 36 heavy (non-hydrogen) atoms. The molecule has 4 aromatic rings. The number of rotatable bonds is 7. The summed E-state index contributed by atoms with van der Waals surface area (Å²) in [5.74, 6) is -0.161. The predicted octanol–water partition coefficient (Wildman–Crippen LogP) is 6.99. The van der Waals surface area contributed by atoms with Gasteiger partial charge in [0.2, 0.25) is 0 Å². The largest absolute Gasteiger partial charge is 0.468 e. The first-order valence-corrected chi connectivity index (χ1v) is 12.6. The van der Waals surface area contributed by atoms with Crippen LogP contribution >= 0.6 is 11.3 Å². The molecule has 0 unspecified atom stereocenters. The van der Waals surface area contributed by atoms with Crippen LogP contribution in [-0.4, -0.2) is 24.2 Å². The number of benzene rings is 3. The van der Waals surface area contributed by atoms with Crippen molar-refractivity contribution in [2.45, 2.75) is 31.3 Å². The van der Waals surface area contributed by atoms with Gasteiger partial charge in [0.15, 0.2) is 0 Å². The molecule has 0 saturated heterocycles. The Kier molecular flexibility index (Phi) is 6.57. The van der Waals surface area contributed by atoms with Crippen LogP contribution in [0, 0.1) is 0 Å². The molecule has 1 aliphatic rings. The second kappa shape index (κ2) is 9.95. The lowest BCUT2D eigenvalue weighted by molar-refractivity contribution is -0.143. The first-order valence-electron chi connectivity index (χ1n) is 11.8. The number of nitrogens with zero attached hydrogens (tertiary/aromatic N) is 1. The molecular formula is C29H26N2O4S. The zero-order chi connectivity index (χ0) is 25.1. The summed E-state index contributed by atoms with van der Waals surface area (Å²) >= 11 is 1.35. The van der Waals surface area contributed by atoms with Gasteiger partial charge in [-0.3, -0.25) is 10.1 Å². The minimum absolute atomic E-state index is 0.161. The number of esters is 1. The van der Waals surface area contributed by atoms with E-state index in [-0.39, 0.29) is 12.1 Å². The maximum atomic E-state index is 12.5. The molecule has 0 aliphatic heterocycles. The number of amides is 1. The van der Waals surface area contributed by atoms with Crippen LogP contribution in [0.4, 0.5) is 9.80 Å². The molecule has 0 spiro atoms. The molecule has 1 saturated carbocycles. The van der Waals surface area contributed by atoms with E-state index in [4.69, 9.17) is 9.47 Å². The summed E-state index contributed by atoms with van der Waals surface area (Å²) in [5, 5.41) is 3.47. The lowest BCUT2D eigenvalue weighted by Crippen LogP contribution is -2.21. The molecule has 0 radical (unpaired) electrons. The molecule has 3 aromatic carbocycles. The fraction of sp³-hybridized carbons (Fsp3) is 0.207. The van der Waals surface area contributed by atoms with Crippen molar-refractivity contribution in [1.29, 1.82) is 0 Å². The smallest absolute Gasteiger partial charge is 0.412 e. The van der Waals surface area contributed by atoms with E-state index < -0.39 is 11.5 Å². The Labute approximate surface area is 213 Å². The number of aromatic nitrogens is 1.